The van der Waals surface area contributed by atoms with E-state index in [0.717, 1.165) is 5.56 Å². The molecule has 27 heavy (non-hydrogen) atoms. The van der Waals surface area contributed by atoms with E-state index in [9.17, 15) is 14.9 Å². The zero-order valence-electron chi connectivity index (χ0n) is 15.4. The molecule has 0 fully saturated rings. The second kappa shape index (κ2) is 9.20. The van der Waals surface area contributed by atoms with E-state index < -0.39 is 11.9 Å². The third-order valence-corrected chi connectivity index (χ3v) is 3.59. The van der Waals surface area contributed by atoms with Crippen molar-refractivity contribution in [1.82, 2.24) is 0 Å². The maximum absolute atomic E-state index is 12.4. The first kappa shape index (κ1) is 19.7. The van der Waals surface area contributed by atoms with Crippen LogP contribution in [0.5, 0.6) is 11.5 Å². The van der Waals surface area contributed by atoms with Crippen molar-refractivity contribution in [1.29, 1.82) is 5.26 Å². The summed E-state index contributed by atoms with van der Waals surface area (Å²) in [4.78, 5) is 23.6. The van der Waals surface area contributed by atoms with Crippen molar-refractivity contribution in [2.24, 2.45) is 0 Å². The molecule has 2 aromatic carbocycles. The summed E-state index contributed by atoms with van der Waals surface area (Å²) in [5, 5.41) is 12.1. The highest BCUT2D eigenvalue weighted by Gasteiger charge is 2.13. The van der Waals surface area contributed by atoms with Crippen molar-refractivity contribution < 1.29 is 19.1 Å². The lowest BCUT2D eigenvalue weighted by Gasteiger charge is -2.11. The number of nitrogens with zero attached hydrogens (tertiary/aromatic N) is 1. The number of esters is 1. The van der Waals surface area contributed by atoms with Crippen LogP contribution in [0, 0.1) is 18.3 Å². The predicted octanol–water partition coefficient (Wildman–Crippen LogP) is 3.86. The van der Waals surface area contributed by atoms with Gasteiger partial charge >= 0.3 is 5.97 Å². The summed E-state index contributed by atoms with van der Waals surface area (Å²) in [5.41, 5.74) is 2.06. The average Bonchev–Trinajstić information content (AvgIpc) is 2.63. The minimum absolute atomic E-state index is 0.0547. The second-order valence-corrected chi connectivity index (χ2v) is 5.67. The van der Waals surface area contributed by atoms with Crippen LogP contribution >= 0.6 is 0 Å². The highest BCUT2D eigenvalue weighted by Crippen LogP contribution is 2.29. The van der Waals surface area contributed by atoms with E-state index >= 15 is 0 Å². The van der Waals surface area contributed by atoms with E-state index in [1.807, 2.05) is 25.1 Å². The molecule has 0 saturated heterocycles. The molecule has 0 bridgehead atoms. The number of anilines is 1. The van der Waals surface area contributed by atoms with Gasteiger partial charge in [-0.05, 0) is 49.2 Å². The molecule has 1 amide bonds. The van der Waals surface area contributed by atoms with Crippen molar-refractivity contribution in [3.05, 3.63) is 59.2 Å². The first-order chi connectivity index (χ1) is 12.9. The Bertz CT molecular complexity index is 926. The first-order valence-corrected chi connectivity index (χ1v) is 8.38. The lowest BCUT2D eigenvalue weighted by molar-refractivity contribution is -0.132. The highest BCUT2D eigenvalue weighted by atomic mass is 16.6. The third kappa shape index (κ3) is 5.44. The Morgan fingerprint density at radius 3 is 2.56 bits per heavy atom. The van der Waals surface area contributed by atoms with Gasteiger partial charge in [-0.1, -0.05) is 24.3 Å². The van der Waals surface area contributed by atoms with Crippen LogP contribution in [0.15, 0.2) is 48.0 Å². The largest absolute Gasteiger partial charge is 0.490 e. The van der Waals surface area contributed by atoms with E-state index in [2.05, 4.69) is 5.32 Å². The standard InChI is InChI=1S/C21H20N2O4/c1-4-26-20-12-16(9-10-19(20)27-15(3)24)11-17(13-22)21(25)23-18-8-6-5-7-14(18)2/h5-12H,4H2,1-3H3,(H,23,25)/b17-11+. The number of aryl methyl sites for hydroxylation is 1. The first-order valence-electron chi connectivity index (χ1n) is 8.38. The Balaban J connectivity index is 2.29. The average molecular weight is 364 g/mol. The van der Waals surface area contributed by atoms with Gasteiger partial charge in [0.2, 0.25) is 0 Å². The summed E-state index contributed by atoms with van der Waals surface area (Å²) >= 11 is 0. The van der Waals surface area contributed by atoms with Gasteiger partial charge in [-0.25, -0.2) is 0 Å². The third-order valence-electron chi connectivity index (χ3n) is 3.59. The maximum atomic E-state index is 12.4. The predicted molar refractivity (Wildman–Crippen MR) is 102 cm³/mol. The molecule has 0 aromatic heterocycles. The molecule has 6 nitrogen and oxygen atoms in total. The number of hydrogen-bond acceptors (Lipinski definition) is 5. The summed E-state index contributed by atoms with van der Waals surface area (Å²) in [6.07, 6.45) is 1.45. The minimum atomic E-state index is -0.506. The number of rotatable bonds is 6. The molecule has 0 saturated carbocycles. The van der Waals surface area contributed by atoms with Gasteiger partial charge in [0, 0.05) is 12.6 Å². The molecule has 138 valence electrons. The van der Waals surface area contributed by atoms with Crippen molar-refractivity contribution in [2.45, 2.75) is 20.8 Å². The van der Waals surface area contributed by atoms with Gasteiger partial charge in [-0.3, -0.25) is 9.59 Å². The number of nitrogens with one attached hydrogen (secondary N) is 1. The van der Waals surface area contributed by atoms with Gasteiger partial charge in [0.15, 0.2) is 11.5 Å². The smallest absolute Gasteiger partial charge is 0.308 e. The lowest BCUT2D eigenvalue weighted by Crippen LogP contribution is -2.14. The van der Waals surface area contributed by atoms with Crippen LogP contribution in [-0.4, -0.2) is 18.5 Å². The van der Waals surface area contributed by atoms with Gasteiger partial charge in [-0.2, -0.15) is 5.26 Å². The summed E-state index contributed by atoms with van der Waals surface area (Å²) in [6, 6.07) is 14.0. The van der Waals surface area contributed by atoms with Crippen LogP contribution in [0.25, 0.3) is 6.08 Å². The normalized spacial score (nSPS) is 10.7. The molecule has 2 aromatic rings. The fourth-order valence-electron chi connectivity index (χ4n) is 2.34. The van der Waals surface area contributed by atoms with Crippen molar-refractivity contribution in [2.75, 3.05) is 11.9 Å². The molecule has 6 heteroatoms. The Morgan fingerprint density at radius 1 is 1.19 bits per heavy atom. The molecule has 0 aliphatic heterocycles. The monoisotopic (exact) mass is 364 g/mol. The molecular weight excluding hydrogens is 344 g/mol. The zero-order chi connectivity index (χ0) is 19.8. The van der Waals surface area contributed by atoms with Crippen molar-refractivity contribution >= 4 is 23.6 Å². The number of para-hydroxylation sites is 1. The molecule has 0 spiro atoms. The van der Waals surface area contributed by atoms with Crippen LogP contribution in [0.3, 0.4) is 0 Å². The Labute approximate surface area is 158 Å². The summed E-state index contributed by atoms with van der Waals surface area (Å²) in [6.45, 7) is 5.34. The van der Waals surface area contributed by atoms with E-state index in [1.165, 1.54) is 13.0 Å². The minimum Gasteiger partial charge on any atom is -0.490 e. The molecule has 0 radical (unpaired) electrons. The number of amides is 1. The Morgan fingerprint density at radius 2 is 1.93 bits per heavy atom. The van der Waals surface area contributed by atoms with Crippen LogP contribution in [-0.2, 0) is 9.59 Å². The number of carbonyl (C=O) groups is 2. The fraction of sp³-hybridized carbons (Fsp3) is 0.190. The van der Waals surface area contributed by atoms with Crippen LogP contribution in [0.4, 0.5) is 5.69 Å². The summed E-state index contributed by atoms with van der Waals surface area (Å²) in [5.74, 6) is -0.328. The molecule has 0 heterocycles. The van der Waals surface area contributed by atoms with E-state index in [0.29, 0.717) is 23.6 Å². The molecule has 1 N–H and O–H groups in total. The number of benzene rings is 2. The maximum Gasteiger partial charge on any atom is 0.308 e. The van der Waals surface area contributed by atoms with Gasteiger partial charge in [0.05, 0.1) is 6.61 Å². The fourth-order valence-corrected chi connectivity index (χ4v) is 2.34. The molecular formula is C21H20N2O4. The van der Waals surface area contributed by atoms with Crippen LogP contribution < -0.4 is 14.8 Å². The highest BCUT2D eigenvalue weighted by molar-refractivity contribution is 6.10. The second-order valence-electron chi connectivity index (χ2n) is 5.67. The summed E-state index contributed by atoms with van der Waals surface area (Å²) < 4.78 is 10.6. The molecule has 0 unspecified atom stereocenters. The van der Waals surface area contributed by atoms with Gasteiger partial charge in [0.1, 0.15) is 11.6 Å². The zero-order valence-corrected chi connectivity index (χ0v) is 15.4. The number of nitriles is 1. The molecule has 0 aliphatic carbocycles. The lowest BCUT2D eigenvalue weighted by atomic mass is 10.1. The van der Waals surface area contributed by atoms with E-state index in [-0.39, 0.29) is 11.3 Å². The Hall–Kier alpha value is -3.59. The summed E-state index contributed by atoms with van der Waals surface area (Å²) in [7, 11) is 0. The van der Waals surface area contributed by atoms with Crippen LogP contribution in [0.1, 0.15) is 25.0 Å². The Kier molecular flexibility index (Phi) is 6.73. The molecule has 0 aliphatic rings. The van der Waals surface area contributed by atoms with Crippen molar-refractivity contribution in [3.8, 4) is 17.6 Å². The van der Waals surface area contributed by atoms with E-state index in [4.69, 9.17) is 9.47 Å². The quantitative estimate of drug-likeness (QED) is 0.364. The van der Waals surface area contributed by atoms with Gasteiger partial charge in [0.25, 0.3) is 5.91 Å². The molecule has 0 atom stereocenters. The number of carbonyl (C=O) groups excluding carboxylic acids is 2. The van der Waals surface area contributed by atoms with Crippen LogP contribution in [0.2, 0.25) is 0 Å². The van der Waals surface area contributed by atoms with E-state index in [1.54, 1.807) is 37.3 Å². The van der Waals surface area contributed by atoms with Gasteiger partial charge in [-0.15, -0.1) is 0 Å². The number of hydrogen-bond donors (Lipinski definition) is 1. The molecule has 2 rings (SSSR count). The van der Waals surface area contributed by atoms with Gasteiger partial charge < -0.3 is 14.8 Å². The van der Waals surface area contributed by atoms with Crippen molar-refractivity contribution in [3.63, 3.8) is 0 Å². The SMILES string of the molecule is CCOc1cc(/C=C(\C#N)C(=O)Nc2ccccc2C)ccc1OC(C)=O. The topological polar surface area (TPSA) is 88.4 Å². The number of ether oxygens (including phenoxy) is 2.